The molecule has 1 saturated carbocycles. The van der Waals surface area contributed by atoms with Gasteiger partial charge in [0.1, 0.15) is 36.6 Å². The fraction of sp³-hybridized carbons (Fsp3) is 0.833. The van der Waals surface area contributed by atoms with Gasteiger partial charge < -0.3 is 43.7 Å². The van der Waals surface area contributed by atoms with Gasteiger partial charge in [0.25, 0.3) is 0 Å². The lowest BCUT2D eigenvalue weighted by Gasteiger charge is -2.45. The number of phosphoric acid groups is 3. The van der Waals surface area contributed by atoms with Crippen LogP contribution in [0, 0.1) is 0 Å². The summed E-state index contributed by atoms with van der Waals surface area (Å²) in [6, 6.07) is 0. The number of aliphatic hydroxyl groups is 3. The number of aliphatic hydroxyl groups excluding tert-OH is 3. The highest BCUT2D eigenvalue weighted by Crippen LogP contribution is 2.58. The summed E-state index contributed by atoms with van der Waals surface area (Å²) in [7, 11) is -16.2. The van der Waals surface area contributed by atoms with Gasteiger partial charge in [-0.2, -0.15) is 0 Å². The fourth-order valence-corrected chi connectivity index (χ4v) is 8.19. The molecule has 1 aliphatic carbocycles. The van der Waals surface area contributed by atoms with Crippen LogP contribution < -0.4 is 0 Å². The van der Waals surface area contributed by atoms with Crippen LogP contribution in [0.2, 0.25) is 0 Å². The average Bonchev–Trinajstić information content (AvgIpc) is 3.23. The Morgan fingerprint density at radius 1 is 0.333 bits per heavy atom. The lowest BCUT2D eigenvalue weighted by atomic mass is 9.85. The molecular formula is C36H63O27P3. The maximum Gasteiger partial charge on any atom is 0.481 e. The molecule has 0 amide bonds. The molecule has 30 heteroatoms. The van der Waals surface area contributed by atoms with E-state index in [0.29, 0.717) is 38.5 Å². The van der Waals surface area contributed by atoms with Gasteiger partial charge in [0.15, 0.2) is 0 Å². The Morgan fingerprint density at radius 3 is 0.727 bits per heavy atom. The molecule has 1 fully saturated rings. The predicted molar refractivity (Wildman–Crippen MR) is 217 cm³/mol. The van der Waals surface area contributed by atoms with E-state index in [1.165, 1.54) is 0 Å². The molecule has 384 valence electrons. The van der Waals surface area contributed by atoms with Crippen LogP contribution in [0.3, 0.4) is 0 Å². The van der Waals surface area contributed by atoms with Crippen LogP contribution in [0.5, 0.6) is 0 Å². The Morgan fingerprint density at radius 2 is 0.515 bits per heavy atom. The summed E-state index contributed by atoms with van der Waals surface area (Å²) >= 11 is 0. The number of phosphoric ester groups is 3. The first-order valence-corrected chi connectivity index (χ1v) is 25.3. The molecule has 0 aromatic rings. The van der Waals surface area contributed by atoms with E-state index >= 15 is 0 Å². The molecule has 3 N–H and O–H groups in total. The predicted octanol–water partition coefficient (Wildman–Crippen LogP) is 4.47. The quantitative estimate of drug-likeness (QED) is 0.0337. The molecule has 6 unspecified atom stereocenters. The van der Waals surface area contributed by atoms with Gasteiger partial charge in [0, 0.05) is 38.5 Å². The molecule has 0 aliphatic heterocycles. The topological polar surface area (TPSA) is 353 Å². The molecule has 66 heavy (non-hydrogen) atoms. The van der Waals surface area contributed by atoms with E-state index in [-0.39, 0.29) is 38.5 Å². The number of esters is 6. The standard InChI is InChI=1S/C36H63O27P3/c1-7-13-25(37)49-19-55-64(46,56-20-50-26(38)14-8-2)61-34-31(43)32(44)35(62-65(47,57-21-51-27(39)15-9-3)58-22-52-28(40)16-10-4)36(33(34)45)63-66(48,59-23-53-29(41)17-11-5)60-24-54-30(42)18-12-6/h31-36,43-45H,7-24H2,1-6H3. The van der Waals surface area contributed by atoms with Crippen molar-refractivity contribution in [2.24, 2.45) is 0 Å². The maximum absolute atomic E-state index is 14.3. The van der Waals surface area contributed by atoms with Crippen molar-refractivity contribution in [1.82, 2.24) is 0 Å². The molecular weight excluding hydrogens is 957 g/mol. The Bertz CT molecular complexity index is 1560. The SMILES string of the molecule is CCCC(=O)OCOP(=O)(OCOC(=O)CCC)OC1C(O)C(O)C(OP(=O)(OCOC(=O)CCC)OCOC(=O)CCC)C(OP(=O)(OCOC(=O)CCC)OCOC(=O)CCC)C1O. The molecule has 0 spiro atoms. The highest BCUT2D eigenvalue weighted by atomic mass is 31.2. The summed E-state index contributed by atoms with van der Waals surface area (Å²) in [6.45, 7) is 2.79. The number of carbonyl (C=O) groups is 6. The number of carbonyl (C=O) groups excluding carboxylic acids is 6. The number of hydrogen-bond donors (Lipinski definition) is 3. The summed E-state index contributed by atoms with van der Waals surface area (Å²) in [4.78, 5) is 72.5. The van der Waals surface area contributed by atoms with Crippen molar-refractivity contribution in [2.45, 2.75) is 155 Å². The van der Waals surface area contributed by atoms with Gasteiger partial charge in [-0.1, -0.05) is 41.5 Å². The molecule has 0 saturated heterocycles. The Labute approximate surface area is 381 Å². The van der Waals surface area contributed by atoms with Crippen LogP contribution in [-0.4, -0.2) is 129 Å². The highest BCUT2D eigenvalue weighted by Gasteiger charge is 2.58. The zero-order chi connectivity index (χ0) is 49.8. The third-order valence-electron chi connectivity index (χ3n) is 8.08. The zero-order valence-electron chi connectivity index (χ0n) is 37.7. The van der Waals surface area contributed by atoms with Gasteiger partial charge >= 0.3 is 59.3 Å². The van der Waals surface area contributed by atoms with Crippen molar-refractivity contribution in [2.75, 3.05) is 40.8 Å². The van der Waals surface area contributed by atoms with Gasteiger partial charge in [-0.15, -0.1) is 0 Å². The fourth-order valence-electron chi connectivity index (χ4n) is 4.87. The largest absolute Gasteiger partial charge is 0.481 e. The van der Waals surface area contributed by atoms with Crippen LogP contribution >= 0.6 is 23.5 Å². The van der Waals surface area contributed by atoms with Gasteiger partial charge in [0.05, 0.1) is 0 Å². The van der Waals surface area contributed by atoms with Gasteiger partial charge in [-0.3, -0.25) is 42.3 Å². The molecule has 0 bridgehead atoms. The first kappa shape index (κ1) is 61.0. The first-order valence-electron chi connectivity index (χ1n) is 21.0. The van der Waals surface area contributed by atoms with E-state index in [1.54, 1.807) is 41.5 Å². The Hall–Kier alpha value is -2.97. The van der Waals surface area contributed by atoms with Crippen LogP contribution in [0.15, 0.2) is 0 Å². The molecule has 1 aliphatic rings. The molecule has 6 atom stereocenters. The second-order valence-electron chi connectivity index (χ2n) is 13.6. The lowest BCUT2D eigenvalue weighted by Crippen LogP contribution is -2.65. The van der Waals surface area contributed by atoms with E-state index in [0.717, 1.165) is 0 Å². The third kappa shape index (κ3) is 23.8. The third-order valence-corrected chi connectivity index (χ3v) is 12.1. The summed E-state index contributed by atoms with van der Waals surface area (Å²) in [5.74, 6) is -5.12. The van der Waals surface area contributed by atoms with Crippen LogP contribution in [-0.2, 0) is 112 Å². The lowest BCUT2D eigenvalue weighted by molar-refractivity contribution is -0.220. The van der Waals surface area contributed by atoms with Crippen molar-refractivity contribution in [3.8, 4) is 0 Å². The zero-order valence-corrected chi connectivity index (χ0v) is 40.4. The molecule has 0 radical (unpaired) electrons. The van der Waals surface area contributed by atoms with Gasteiger partial charge in [-0.05, 0) is 38.5 Å². The van der Waals surface area contributed by atoms with Crippen molar-refractivity contribution in [3.63, 3.8) is 0 Å². The minimum absolute atomic E-state index is 0.115. The van der Waals surface area contributed by atoms with Gasteiger partial charge in [-0.25, -0.2) is 40.8 Å². The molecule has 27 nitrogen and oxygen atoms in total. The smallest absolute Gasteiger partial charge is 0.438 e. The molecule has 0 heterocycles. The highest BCUT2D eigenvalue weighted by molar-refractivity contribution is 7.49. The number of ether oxygens (including phenoxy) is 6. The van der Waals surface area contributed by atoms with Crippen LogP contribution in [0.25, 0.3) is 0 Å². The van der Waals surface area contributed by atoms with Crippen molar-refractivity contribution in [3.05, 3.63) is 0 Å². The molecule has 0 aromatic heterocycles. The van der Waals surface area contributed by atoms with Crippen molar-refractivity contribution < 1.29 is 127 Å². The average molecular weight is 1020 g/mol. The Balaban J connectivity index is 3.88. The Kier molecular flexibility index (Phi) is 30.3. The van der Waals surface area contributed by atoms with Crippen molar-refractivity contribution >= 4 is 59.3 Å². The van der Waals surface area contributed by atoms with Crippen LogP contribution in [0.1, 0.15) is 119 Å². The van der Waals surface area contributed by atoms with E-state index in [1.807, 2.05) is 0 Å². The minimum Gasteiger partial charge on any atom is -0.438 e. The second kappa shape index (κ2) is 32.7. The summed E-state index contributed by atoms with van der Waals surface area (Å²) in [5.41, 5.74) is 0. The minimum atomic E-state index is -5.46. The molecule has 0 aromatic carbocycles. The van der Waals surface area contributed by atoms with Crippen molar-refractivity contribution in [1.29, 1.82) is 0 Å². The van der Waals surface area contributed by atoms with Crippen LogP contribution in [0.4, 0.5) is 0 Å². The number of rotatable bonds is 36. The summed E-state index contributed by atoms with van der Waals surface area (Å²) in [6.07, 6.45) is -14.3. The van der Waals surface area contributed by atoms with E-state index in [9.17, 15) is 57.8 Å². The first-order chi connectivity index (χ1) is 31.2. The van der Waals surface area contributed by atoms with E-state index in [2.05, 4.69) is 0 Å². The summed E-state index contributed by atoms with van der Waals surface area (Å²) in [5, 5.41) is 34.8. The summed E-state index contributed by atoms with van der Waals surface area (Å²) < 4.78 is 118. The van der Waals surface area contributed by atoms with Gasteiger partial charge in [0.2, 0.25) is 40.8 Å². The number of hydrogen-bond acceptors (Lipinski definition) is 27. The molecule has 1 rings (SSSR count). The second-order valence-corrected chi connectivity index (χ2v) is 18.5. The monoisotopic (exact) mass is 1020 g/mol. The van der Waals surface area contributed by atoms with E-state index in [4.69, 9.17) is 69.1 Å². The maximum atomic E-state index is 14.3. The van der Waals surface area contributed by atoms with E-state index < -0.39 is 137 Å². The normalized spacial score (nSPS) is 20.0.